The van der Waals surface area contributed by atoms with Gasteiger partial charge in [-0.25, -0.2) is 5.43 Å². The van der Waals surface area contributed by atoms with Crippen molar-refractivity contribution in [3.8, 4) is 5.75 Å². The summed E-state index contributed by atoms with van der Waals surface area (Å²) >= 11 is 0. The van der Waals surface area contributed by atoms with Gasteiger partial charge in [-0.1, -0.05) is 6.92 Å². The van der Waals surface area contributed by atoms with Crippen LogP contribution in [0, 0.1) is 13.8 Å². The molecular weight excluding hydrogens is 256 g/mol. The average molecular weight is 278 g/mol. The number of furan rings is 1. The van der Waals surface area contributed by atoms with Crippen LogP contribution < -0.4 is 16.0 Å². The molecule has 3 N–H and O–H groups in total. The molecule has 0 spiro atoms. The molecule has 0 aliphatic heterocycles. The average Bonchev–Trinajstić information content (AvgIpc) is 2.96. The molecule has 1 atom stereocenters. The Morgan fingerprint density at radius 3 is 2.75 bits per heavy atom. The summed E-state index contributed by atoms with van der Waals surface area (Å²) in [6, 6.07) is 1.78. The summed E-state index contributed by atoms with van der Waals surface area (Å²) < 4.78 is 12.9. The van der Waals surface area contributed by atoms with Crippen LogP contribution >= 0.6 is 0 Å². The molecule has 0 aromatic carbocycles. The molecule has 110 valence electrons. The maximum atomic E-state index is 5.77. The lowest BCUT2D eigenvalue weighted by Gasteiger charge is -2.18. The molecule has 1 unspecified atom stereocenters. The summed E-state index contributed by atoms with van der Waals surface area (Å²) in [7, 11) is 1.64. The predicted octanol–water partition coefficient (Wildman–Crippen LogP) is 2.06. The second-order valence-corrected chi connectivity index (χ2v) is 4.79. The summed E-state index contributed by atoms with van der Waals surface area (Å²) in [5, 5.41) is 4.37. The van der Waals surface area contributed by atoms with Crippen LogP contribution in [0.15, 0.2) is 16.7 Å². The van der Waals surface area contributed by atoms with Crippen molar-refractivity contribution in [2.24, 2.45) is 5.84 Å². The van der Waals surface area contributed by atoms with Crippen molar-refractivity contribution in [1.29, 1.82) is 0 Å². The first-order valence-electron chi connectivity index (χ1n) is 6.75. The highest BCUT2D eigenvalue weighted by Crippen LogP contribution is 2.32. The molecule has 6 nitrogen and oxygen atoms in total. The smallest absolute Gasteiger partial charge is 0.161 e. The van der Waals surface area contributed by atoms with Crippen molar-refractivity contribution in [3.05, 3.63) is 35.0 Å². The van der Waals surface area contributed by atoms with Crippen LogP contribution in [0.2, 0.25) is 0 Å². The molecule has 0 amide bonds. The molecule has 0 radical (unpaired) electrons. The lowest BCUT2D eigenvalue weighted by Crippen LogP contribution is -2.31. The molecule has 0 fully saturated rings. The van der Waals surface area contributed by atoms with E-state index in [0.717, 1.165) is 41.5 Å². The van der Waals surface area contributed by atoms with Crippen LogP contribution in [0.25, 0.3) is 0 Å². The highest BCUT2D eigenvalue weighted by Gasteiger charge is 2.25. The Bertz CT molecular complexity index is 574. The van der Waals surface area contributed by atoms with Crippen LogP contribution in [-0.4, -0.2) is 16.9 Å². The van der Waals surface area contributed by atoms with E-state index >= 15 is 0 Å². The lowest BCUT2D eigenvalue weighted by molar-refractivity contribution is 0.397. The highest BCUT2D eigenvalue weighted by atomic mass is 16.5. The van der Waals surface area contributed by atoms with Gasteiger partial charge in [0.05, 0.1) is 19.3 Å². The van der Waals surface area contributed by atoms with Crippen LogP contribution in [-0.2, 0) is 6.54 Å². The van der Waals surface area contributed by atoms with Gasteiger partial charge in [0, 0.05) is 12.1 Å². The Hall–Kier alpha value is -1.79. The Morgan fingerprint density at radius 1 is 1.50 bits per heavy atom. The van der Waals surface area contributed by atoms with E-state index < -0.39 is 0 Å². The monoisotopic (exact) mass is 278 g/mol. The van der Waals surface area contributed by atoms with E-state index in [1.165, 1.54) is 0 Å². The number of ether oxygens (including phenoxy) is 1. The third-order valence-corrected chi connectivity index (χ3v) is 3.33. The van der Waals surface area contributed by atoms with E-state index in [-0.39, 0.29) is 6.04 Å². The number of aromatic nitrogens is 2. The zero-order valence-corrected chi connectivity index (χ0v) is 12.4. The van der Waals surface area contributed by atoms with Crippen molar-refractivity contribution in [2.45, 2.75) is 39.8 Å². The van der Waals surface area contributed by atoms with Crippen molar-refractivity contribution in [3.63, 3.8) is 0 Å². The van der Waals surface area contributed by atoms with Crippen molar-refractivity contribution >= 4 is 0 Å². The predicted molar refractivity (Wildman–Crippen MR) is 76.4 cm³/mol. The third-order valence-electron chi connectivity index (χ3n) is 3.33. The molecule has 2 aromatic heterocycles. The van der Waals surface area contributed by atoms with Gasteiger partial charge in [0.2, 0.25) is 0 Å². The molecule has 20 heavy (non-hydrogen) atoms. The number of nitrogens with one attached hydrogen (secondary N) is 1. The van der Waals surface area contributed by atoms with Crippen LogP contribution in [0.3, 0.4) is 0 Å². The second kappa shape index (κ2) is 6.11. The number of methoxy groups -OCH3 is 1. The largest absolute Gasteiger partial charge is 0.493 e. The quantitative estimate of drug-likeness (QED) is 0.624. The van der Waals surface area contributed by atoms with Gasteiger partial charge in [-0.2, -0.15) is 5.10 Å². The lowest BCUT2D eigenvalue weighted by atomic mass is 10.0. The molecule has 2 heterocycles. The van der Waals surface area contributed by atoms with Gasteiger partial charge >= 0.3 is 0 Å². The molecular formula is C14H22N4O2. The maximum absolute atomic E-state index is 5.77. The maximum Gasteiger partial charge on any atom is 0.161 e. The summed E-state index contributed by atoms with van der Waals surface area (Å²) in [6.45, 7) is 6.77. The summed E-state index contributed by atoms with van der Waals surface area (Å²) in [5.74, 6) is 8.20. The molecule has 2 rings (SSSR count). The number of nitrogens with two attached hydrogens (primary N) is 1. The van der Waals surface area contributed by atoms with Gasteiger partial charge in [0.15, 0.2) is 5.75 Å². The minimum absolute atomic E-state index is 0.212. The molecule has 0 bridgehead atoms. The fourth-order valence-electron chi connectivity index (χ4n) is 2.47. The fourth-order valence-corrected chi connectivity index (χ4v) is 2.47. The first kappa shape index (κ1) is 14.6. The molecule has 0 aliphatic carbocycles. The van der Waals surface area contributed by atoms with Gasteiger partial charge < -0.3 is 9.15 Å². The zero-order chi connectivity index (χ0) is 14.7. The second-order valence-electron chi connectivity index (χ2n) is 4.79. The first-order valence-corrected chi connectivity index (χ1v) is 6.75. The third kappa shape index (κ3) is 2.57. The number of nitrogens with zero attached hydrogens (tertiary/aromatic N) is 2. The summed E-state index contributed by atoms with van der Waals surface area (Å²) in [6.07, 6.45) is 2.70. The first-order chi connectivity index (χ1) is 9.62. The Labute approximate surface area is 118 Å². The number of aryl methyl sites for hydroxylation is 3. The van der Waals surface area contributed by atoms with Crippen molar-refractivity contribution < 1.29 is 9.15 Å². The van der Waals surface area contributed by atoms with Gasteiger partial charge in [-0.15, -0.1) is 0 Å². The van der Waals surface area contributed by atoms with E-state index in [2.05, 4.69) is 17.4 Å². The van der Waals surface area contributed by atoms with E-state index in [1.807, 2.05) is 24.6 Å². The number of hydrogen-bond donors (Lipinski definition) is 2. The van der Waals surface area contributed by atoms with Crippen LogP contribution in [0.4, 0.5) is 0 Å². The Kier molecular flexibility index (Phi) is 4.46. The van der Waals surface area contributed by atoms with Gasteiger partial charge in [0.25, 0.3) is 0 Å². The zero-order valence-electron chi connectivity index (χ0n) is 12.4. The minimum Gasteiger partial charge on any atom is -0.493 e. The van der Waals surface area contributed by atoms with Gasteiger partial charge in [-0.05, 0) is 26.3 Å². The number of rotatable bonds is 6. The minimum atomic E-state index is -0.212. The molecule has 0 saturated heterocycles. The van der Waals surface area contributed by atoms with Crippen LogP contribution in [0.1, 0.15) is 42.2 Å². The van der Waals surface area contributed by atoms with Crippen molar-refractivity contribution in [1.82, 2.24) is 15.2 Å². The molecule has 0 saturated carbocycles. The Balaban J connectivity index is 2.50. The van der Waals surface area contributed by atoms with E-state index in [9.17, 15) is 0 Å². The standard InChI is InChI=1S/C14H22N4O2/c1-5-6-18-14(12(19-4)8-16-18)13(17-15)11-7-9(2)20-10(11)3/h7-8,13,17H,5-6,15H2,1-4H3. The number of hydrazine groups is 1. The molecule has 2 aromatic rings. The SMILES string of the molecule is CCCn1ncc(OC)c1C(NN)c1cc(C)oc1C. The van der Waals surface area contributed by atoms with E-state index in [0.29, 0.717) is 0 Å². The number of hydrogen-bond acceptors (Lipinski definition) is 5. The summed E-state index contributed by atoms with van der Waals surface area (Å²) in [5.41, 5.74) is 4.77. The van der Waals surface area contributed by atoms with E-state index in [4.69, 9.17) is 15.0 Å². The van der Waals surface area contributed by atoms with Gasteiger partial charge in [0.1, 0.15) is 17.2 Å². The highest BCUT2D eigenvalue weighted by molar-refractivity contribution is 5.38. The van der Waals surface area contributed by atoms with Gasteiger partial charge in [-0.3, -0.25) is 10.5 Å². The normalized spacial score (nSPS) is 12.7. The molecule has 0 aliphatic rings. The summed E-state index contributed by atoms with van der Waals surface area (Å²) in [4.78, 5) is 0. The van der Waals surface area contributed by atoms with Crippen LogP contribution in [0.5, 0.6) is 5.75 Å². The van der Waals surface area contributed by atoms with E-state index in [1.54, 1.807) is 13.3 Å². The fraction of sp³-hybridized carbons (Fsp3) is 0.500. The topological polar surface area (TPSA) is 78.2 Å². The Morgan fingerprint density at radius 2 is 2.25 bits per heavy atom. The molecule has 6 heteroatoms. The van der Waals surface area contributed by atoms with Crippen molar-refractivity contribution in [2.75, 3.05) is 7.11 Å².